The van der Waals surface area contributed by atoms with Gasteiger partial charge in [0.1, 0.15) is 5.54 Å². The Morgan fingerprint density at radius 2 is 1.47 bits per heavy atom. The minimum Gasteiger partial charge on any atom is -0.330 e. The second-order valence-corrected chi connectivity index (χ2v) is 3.73. The molecule has 4 nitrogen and oxygen atoms in total. The SMILES string of the molecule is C=C(C)C(=O)C(N)(CCN)C(=O)C(=C)C. The van der Waals surface area contributed by atoms with Gasteiger partial charge >= 0.3 is 0 Å². The van der Waals surface area contributed by atoms with E-state index in [0.29, 0.717) is 0 Å². The maximum absolute atomic E-state index is 11.8. The van der Waals surface area contributed by atoms with Crippen molar-refractivity contribution in [3.63, 3.8) is 0 Å². The molecule has 0 atom stereocenters. The van der Waals surface area contributed by atoms with Crippen LogP contribution in [0.15, 0.2) is 24.3 Å². The van der Waals surface area contributed by atoms with Crippen molar-refractivity contribution in [2.75, 3.05) is 6.54 Å². The Hall–Kier alpha value is -1.26. The third-order valence-corrected chi connectivity index (χ3v) is 2.12. The summed E-state index contributed by atoms with van der Waals surface area (Å²) in [6.45, 7) is 10.2. The van der Waals surface area contributed by atoms with Gasteiger partial charge in [-0.2, -0.15) is 0 Å². The second-order valence-electron chi connectivity index (χ2n) is 3.73. The standard InChI is InChI=1S/C11H18N2O2/c1-7(2)9(14)11(13,5-6-12)10(15)8(3)4/h1,3,5-6,12-13H2,2,4H3. The lowest BCUT2D eigenvalue weighted by atomic mass is 9.81. The maximum Gasteiger partial charge on any atom is 0.185 e. The van der Waals surface area contributed by atoms with Gasteiger partial charge in [-0.15, -0.1) is 0 Å². The van der Waals surface area contributed by atoms with E-state index in [4.69, 9.17) is 11.5 Å². The zero-order valence-electron chi connectivity index (χ0n) is 9.30. The summed E-state index contributed by atoms with van der Waals surface area (Å²) in [5, 5.41) is 0. The van der Waals surface area contributed by atoms with Crippen LogP contribution in [-0.2, 0) is 9.59 Å². The number of Topliss-reactive ketones (excluding diaryl/α,β-unsaturated/α-hetero) is 2. The number of nitrogens with two attached hydrogens (primary N) is 2. The summed E-state index contributed by atoms with van der Waals surface area (Å²) >= 11 is 0. The molecule has 15 heavy (non-hydrogen) atoms. The molecule has 0 fully saturated rings. The summed E-state index contributed by atoms with van der Waals surface area (Å²) in [6.07, 6.45) is 0.102. The van der Waals surface area contributed by atoms with Gasteiger partial charge in [0.05, 0.1) is 0 Å². The van der Waals surface area contributed by atoms with Crippen molar-refractivity contribution >= 4 is 11.6 Å². The van der Waals surface area contributed by atoms with Crippen molar-refractivity contribution in [2.24, 2.45) is 11.5 Å². The van der Waals surface area contributed by atoms with Crippen LogP contribution in [0, 0.1) is 0 Å². The minimum absolute atomic E-state index is 0.102. The van der Waals surface area contributed by atoms with Gasteiger partial charge in [-0.1, -0.05) is 13.2 Å². The summed E-state index contributed by atoms with van der Waals surface area (Å²) in [4.78, 5) is 23.5. The third kappa shape index (κ3) is 2.84. The first-order chi connectivity index (χ1) is 6.77. The number of ketones is 2. The molecular weight excluding hydrogens is 192 g/mol. The van der Waals surface area contributed by atoms with Crippen LogP contribution in [0.25, 0.3) is 0 Å². The molecule has 0 heterocycles. The molecule has 0 amide bonds. The summed E-state index contributed by atoms with van der Waals surface area (Å²) in [5.41, 5.74) is 10.1. The summed E-state index contributed by atoms with van der Waals surface area (Å²) in [5.74, 6) is -0.943. The van der Waals surface area contributed by atoms with E-state index < -0.39 is 17.1 Å². The summed E-state index contributed by atoms with van der Waals surface area (Å²) < 4.78 is 0. The molecule has 0 aromatic rings. The highest BCUT2D eigenvalue weighted by Crippen LogP contribution is 2.17. The fraction of sp³-hybridized carbons (Fsp3) is 0.455. The van der Waals surface area contributed by atoms with E-state index in [9.17, 15) is 9.59 Å². The largest absolute Gasteiger partial charge is 0.330 e. The van der Waals surface area contributed by atoms with E-state index in [1.807, 2.05) is 0 Å². The number of carbonyl (C=O) groups is 2. The molecule has 0 aromatic heterocycles. The zero-order chi connectivity index (χ0) is 12.2. The Morgan fingerprint density at radius 1 is 1.13 bits per heavy atom. The maximum atomic E-state index is 11.8. The van der Waals surface area contributed by atoms with Crippen LogP contribution in [0.3, 0.4) is 0 Å². The smallest absolute Gasteiger partial charge is 0.185 e. The monoisotopic (exact) mass is 210 g/mol. The highest BCUT2D eigenvalue weighted by atomic mass is 16.2. The van der Waals surface area contributed by atoms with Crippen LogP contribution in [0.2, 0.25) is 0 Å². The molecule has 0 rings (SSSR count). The molecule has 0 aliphatic heterocycles. The van der Waals surface area contributed by atoms with Gasteiger partial charge in [0.25, 0.3) is 0 Å². The predicted octanol–water partition coefficient (Wildman–Crippen LogP) is 0.323. The molecule has 0 saturated carbocycles. The lowest BCUT2D eigenvalue weighted by Crippen LogP contribution is -2.56. The van der Waals surface area contributed by atoms with Gasteiger partial charge in [0.15, 0.2) is 11.6 Å². The highest BCUT2D eigenvalue weighted by molar-refractivity contribution is 6.22. The molecule has 0 aliphatic carbocycles. The molecule has 0 aromatic carbocycles. The molecule has 0 spiro atoms. The molecular formula is C11H18N2O2. The van der Waals surface area contributed by atoms with Crippen molar-refractivity contribution in [2.45, 2.75) is 25.8 Å². The zero-order valence-corrected chi connectivity index (χ0v) is 9.30. The van der Waals surface area contributed by atoms with Crippen LogP contribution in [-0.4, -0.2) is 23.7 Å². The van der Waals surface area contributed by atoms with Crippen molar-refractivity contribution < 1.29 is 9.59 Å². The molecule has 0 unspecified atom stereocenters. The third-order valence-electron chi connectivity index (χ3n) is 2.12. The number of hydrogen-bond donors (Lipinski definition) is 2. The fourth-order valence-corrected chi connectivity index (χ4v) is 1.32. The molecule has 0 aliphatic rings. The predicted molar refractivity (Wildman–Crippen MR) is 60.2 cm³/mol. The first-order valence-electron chi connectivity index (χ1n) is 4.67. The van der Waals surface area contributed by atoms with Crippen molar-refractivity contribution in [1.29, 1.82) is 0 Å². The summed E-state index contributed by atoms with van der Waals surface area (Å²) in [7, 11) is 0. The van der Waals surface area contributed by atoms with Gasteiger partial charge in [-0.25, -0.2) is 0 Å². The van der Waals surface area contributed by atoms with Gasteiger partial charge in [-0.05, 0) is 38.0 Å². The number of carbonyl (C=O) groups excluding carboxylic acids is 2. The average molecular weight is 210 g/mol. The second kappa shape index (κ2) is 5.00. The minimum atomic E-state index is -1.59. The first kappa shape index (κ1) is 13.7. The summed E-state index contributed by atoms with van der Waals surface area (Å²) in [6, 6.07) is 0. The van der Waals surface area contributed by atoms with E-state index in [-0.39, 0.29) is 24.1 Å². The number of hydrogen-bond acceptors (Lipinski definition) is 4. The van der Waals surface area contributed by atoms with Crippen molar-refractivity contribution in [1.82, 2.24) is 0 Å². The van der Waals surface area contributed by atoms with Crippen LogP contribution >= 0.6 is 0 Å². The lowest BCUT2D eigenvalue weighted by molar-refractivity contribution is -0.130. The van der Waals surface area contributed by atoms with Gasteiger partial charge < -0.3 is 11.5 Å². The number of rotatable bonds is 6. The highest BCUT2D eigenvalue weighted by Gasteiger charge is 2.40. The van der Waals surface area contributed by atoms with E-state index in [0.717, 1.165) is 0 Å². The van der Waals surface area contributed by atoms with E-state index in [1.165, 1.54) is 13.8 Å². The fourth-order valence-electron chi connectivity index (χ4n) is 1.32. The van der Waals surface area contributed by atoms with Gasteiger partial charge in [-0.3, -0.25) is 9.59 Å². The molecule has 0 saturated heterocycles. The van der Waals surface area contributed by atoms with Crippen LogP contribution < -0.4 is 11.5 Å². The molecule has 0 bridgehead atoms. The van der Waals surface area contributed by atoms with E-state index >= 15 is 0 Å². The Morgan fingerprint density at radius 3 is 1.67 bits per heavy atom. The topological polar surface area (TPSA) is 86.2 Å². The van der Waals surface area contributed by atoms with Crippen molar-refractivity contribution in [3.8, 4) is 0 Å². The van der Waals surface area contributed by atoms with Crippen LogP contribution in [0.5, 0.6) is 0 Å². The van der Waals surface area contributed by atoms with E-state index in [1.54, 1.807) is 0 Å². The molecule has 4 heteroatoms. The molecule has 0 radical (unpaired) electrons. The molecule has 84 valence electrons. The first-order valence-corrected chi connectivity index (χ1v) is 4.67. The van der Waals surface area contributed by atoms with Crippen molar-refractivity contribution in [3.05, 3.63) is 24.3 Å². The van der Waals surface area contributed by atoms with Gasteiger partial charge in [0, 0.05) is 0 Å². The Kier molecular flexibility index (Phi) is 4.58. The molecule has 4 N–H and O–H groups in total. The quantitative estimate of drug-likeness (QED) is 0.488. The Labute approximate surface area is 90.0 Å². The van der Waals surface area contributed by atoms with Crippen LogP contribution in [0.4, 0.5) is 0 Å². The Bertz CT molecular complexity index is 293. The lowest BCUT2D eigenvalue weighted by Gasteiger charge is -2.26. The van der Waals surface area contributed by atoms with E-state index in [2.05, 4.69) is 13.2 Å². The van der Waals surface area contributed by atoms with Crippen LogP contribution in [0.1, 0.15) is 20.3 Å². The Balaban J connectivity index is 5.23. The van der Waals surface area contributed by atoms with Gasteiger partial charge in [0.2, 0.25) is 0 Å². The average Bonchev–Trinajstić information content (AvgIpc) is 2.15. The normalized spacial score (nSPS) is 10.9.